The largest absolute Gasteiger partial charge is 0.386 e. The summed E-state index contributed by atoms with van der Waals surface area (Å²) < 4.78 is 3.93. The van der Waals surface area contributed by atoms with Gasteiger partial charge in [-0.1, -0.05) is 0 Å². The highest BCUT2D eigenvalue weighted by Gasteiger charge is 1.97. The lowest BCUT2D eigenvalue weighted by atomic mass is 10.7. The molecule has 0 radical (unpaired) electrons. The molecule has 60 valence electrons. The van der Waals surface area contributed by atoms with E-state index in [2.05, 4.69) is 14.3 Å². The summed E-state index contributed by atoms with van der Waals surface area (Å²) in [7, 11) is 0. The molecule has 2 N–H and O–H groups in total. The first-order chi connectivity index (χ1) is 5.22. The van der Waals surface area contributed by atoms with Crippen molar-refractivity contribution in [3.05, 3.63) is 5.82 Å². The SMILES string of the molecule is Cc1nsc(/N=C(\N)CCl)n1. The summed E-state index contributed by atoms with van der Waals surface area (Å²) >= 11 is 6.62. The molecule has 1 aromatic rings. The van der Waals surface area contributed by atoms with Crippen LogP contribution in [-0.4, -0.2) is 21.1 Å². The maximum atomic E-state index is 5.41. The molecule has 1 aromatic heterocycles. The Bertz CT molecular complexity index is 269. The van der Waals surface area contributed by atoms with Gasteiger partial charge in [0.2, 0.25) is 5.13 Å². The lowest BCUT2D eigenvalue weighted by molar-refractivity contribution is 1.16. The molecular formula is C5H7ClN4S. The van der Waals surface area contributed by atoms with E-state index in [1.165, 1.54) is 11.5 Å². The van der Waals surface area contributed by atoms with E-state index in [4.69, 9.17) is 17.3 Å². The lowest BCUT2D eigenvalue weighted by Crippen LogP contribution is -2.12. The molecule has 0 fully saturated rings. The summed E-state index contributed by atoms with van der Waals surface area (Å²) in [5.74, 6) is 1.29. The second kappa shape index (κ2) is 3.64. The van der Waals surface area contributed by atoms with Crippen molar-refractivity contribution >= 4 is 34.1 Å². The van der Waals surface area contributed by atoms with Crippen LogP contribution in [0.3, 0.4) is 0 Å². The van der Waals surface area contributed by atoms with Crippen LogP contribution >= 0.6 is 23.1 Å². The van der Waals surface area contributed by atoms with Gasteiger partial charge in [0.15, 0.2) is 0 Å². The van der Waals surface area contributed by atoms with Gasteiger partial charge >= 0.3 is 0 Å². The van der Waals surface area contributed by atoms with E-state index >= 15 is 0 Å². The number of hydrogen-bond donors (Lipinski definition) is 1. The number of aryl methyl sites for hydroxylation is 1. The molecule has 0 atom stereocenters. The summed E-state index contributed by atoms with van der Waals surface area (Å²) in [6, 6.07) is 0. The first kappa shape index (κ1) is 8.42. The van der Waals surface area contributed by atoms with Gasteiger partial charge in [-0.2, -0.15) is 4.37 Å². The molecule has 0 spiro atoms. The Balaban J connectivity index is 2.78. The van der Waals surface area contributed by atoms with E-state index in [9.17, 15) is 0 Å². The third-order valence-corrected chi connectivity index (χ3v) is 1.87. The molecule has 0 aliphatic rings. The predicted molar refractivity (Wildman–Crippen MR) is 46.6 cm³/mol. The van der Waals surface area contributed by atoms with E-state index in [-0.39, 0.29) is 5.88 Å². The Labute approximate surface area is 73.3 Å². The molecule has 6 heteroatoms. The van der Waals surface area contributed by atoms with Crippen molar-refractivity contribution in [2.24, 2.45) is 10.7 Å². The quantitative estimate of drug-likeness (QED) is 0.431. The fourth-order valence-corrected chi connectivity index (χ4v) is 1.13. The number of nitrogens with two attached hydrogens (primary N) is 1. The van der Waals surface area contributed by atoms with Gasteiger partial charge in [-0.3, -0.25) is 0 Å². The summed E-state index contributed by atoms with van der Waals surface area (Å²) in [6.45, 7) is 1.80. The van der Waals surface area contributed by atoms with Crippen LogP contribution in [0.25, 0.3) is 0 Å². The molecule has 0 aromatic carbocycles. The molecule has 0 saturated carbocycles. The summed E-state index contributed by atoms with van der Waals surface area (Å²) in [4.78, 5) is 7.89. The molecule has 1 rings (SSSR count). The van der Waals surface area contributed by atoms with Crippen molar-refractivity contribution in [3.8, 4) is 0 Å². The standard InChI is InChI=1S/C5H7ClN4S/c1-3-8-5(11-10-3)9-4(7)2-6/h2H2,1H3,(H2,7,8,9,10). The van der Waals surface area contributed by atoms with Crippen LogP contribution in [0.2, 0.25) is 0 Å². The highest BCUT2D eigenvalue weighted by molar-refractivity contribution is 7.09. The Hall–Kier alpha value is -0.680. The second-order valence-electron chi connectivity index (χ2n) is 1.86. The molecule has 0 amide bonds. The number of rotatable bonds is 2. The second-order valence-corrected chi connectivity index (χ2v) is 2.86. The maximum Gasteiger partial charge on any atom is 0.230 e. The smallest absolute Gasteiger partial charge is 0.230 e. The highest BCUT2D eigenvalue weighted by atomic mass is 35.5. The lowest BCUT2D eigenvalue weighted by Gasteiger charge is -1.87. The fourth-order valence-electron chi connectivity index (χ4n) is 0.484. The molecule has 4 nitrogen and oxygen atoms in total. The number of alkyl halides is 1. The topological polar surface area (TPSA) is 64.2 Å². The average Bonchev–Trinajstić information content (AvgIpc) is 2.35. The predicted octanol–water partition coefficient (Wildman–Crippen LogP) is 1.07. The molecular weight excluding hydrogens is 184 g/mol. The minimum atomic E-state index is 0.221. The third-order valence-electron chi connectivity index (χ3n) is 0.893. The van der Waals surface area contributed by atoms with E-state index in [1.807, 2.05) is 0 Å². The molecule has 11 heavy (non-hydrogen) atoms. The van der Waals surface area contributed by atoms with Crippen LogP contribution in [0.4, 0.5) is 5.13 Å². The first-order valence-corrected chi connectivity index (χ1v) is 4.22. The first-order valence-electron chi connectivity index (χ1n) is 2.91. The van der Waals surface area contributed by atoms with Crippen molar-refractivity contribution in [1.29, 1.82) is 0 Å². The Morgan fingerprint density at radius 3 is 3.00 bits per heavy atom. The van der Waals surface area contributed by atoms with Gasteiger partial charge < -0.3 is 5.73 Å². The van der Waals surface area contributed by atoms with Crippen molar-refractivity contribution in [1.82, 2.24) is 9.36 Å². The number of hydrogen-bond acceptors (Lipinski definition) is 4. The Kier molecular flexibility index (Phi) is 2.78. The van der Waals surface area contributed by atoms with Gasteiger partial charge in [0.25, 0.3) is 0 Å². The number of aliphatic imine (C=N–C) groups is 1. The molecule has 0 aliphatic heterocycles. The minimum Gasteiger partial charge on any atom is -0.386 e. The monoisotopic (exact) mass is 190 g/mol. The van der Waals surface area contributed by atoms with E-state index in [1.54, 1.807) is 6.92 Å². The van der Waals surface area contributed by atoms with Crippen molar-refractivity contribution < 1.29 is 0 Å². The minimum absolute atomic E-state index is 0.221. The molecule has 0 unspecified atom stereocenters. The molecule has 0 saturated heterocycles. The normalized spacial score (nSPS) is 12.0. The number of aromatic nitrogens is 2. The van der Waals surface area contributed by atoms with Crippen LogP contribution in [0.1, 0.15) is 5.82 Å². The molecule has 0 bridgehead atoms. The van der Waals surface area contributed by atoms with Crippen molar-refractivity contribution in [2.45, 2.75) is 6.92 Å². The zero-order valence-electron chi connectivity index (χ0n) is 5.91. The van der Waals surface area contributed by atoms with Crippen LogP contribution in [0, 0.1) is 6.92 Å². The zero-order chi connectivity index (χ0) is 8.27. The van der Waals surface area contributed by atoms with Crippen molar-refractivity contribution in [3.63, 3.8) is 0 Å². The number of amidine groups is 1. The van der Waals surface area contributed by atoms with Gasteiger partial charge in [-0.15, -0.1) is 11.6 Å². The zero-order valence-corrected chi connectivity index (χ0v) is 7.48. The van der Waals surface area contributed by atoms with Crippen LogP contribution in [-0.2, 0) is 0 Å². The van der Waals surface area contributed by atoms with E-state index in [0.717, 1.165) is 0 Å². The van der Waals surface area contributed by atoms with E-state index < -0.39 is 0 Å². The summed E-state index contributed by atoms with van der Waals surface area (Å²) in [6.07, 6.45) is 0. The highest BCUT2D eigenvalue weighted by Crippen LogP contribution is 2.13. The van der Waals surface area contributed by atoms with E-state index in [0.29, 0.717) is 16.8 Å². The van der Waals surface area contributed by atoms with Gasteiger partial charge in [0.05, 0.1) is 5.88 Å². The fraction of sp³-hybridized carbons (Fsp3) is 0.400. The van der Waals surface area contributed by atoms with Crippen LogP contribution in [0.5, 0.6) is 0 Å². The van der Waals surface area contributed by atoms with Gasteiger partial charge in [-0.05, 0) is 6.92 Å². The summed E-state index contributed by atoms with van der Waals surface area (Å²) in [5, 5.41) is 0.556. The van der Waals surface area contributed by atoms with Gasteiger partial charge in [-0.25, -0.2) is 9.98 Å². The van der Waals surface area contributed by atoms with Crippen molar-refractivity contribution in [2.75, 3.05) is 5.88 Å². The van der Waals surface area contributed by atoms with Gasteiger partial charge in [0, 0.05) is 11.5 Å². The Morgan fingerprint density at radius 2 is 2.55 bits per heavy atom. The van der Waals surface area contributed by atoms with Crippen LogP contribution in [0.15, 0.2) is 4.99 Å². The number of nitrogens with zero attached hydrogens (tertiary/aromatic N) is 3. The number of halogens is 1. The third kappa shape index (κ3) is 2.44. The van der Waals surface area contributed by atoms with Crippen LogP contribution < -0.4 is 5.73 Å². The van der Waals surface area contributed by atoms with Gasteiger partial charge in [0.1, 0.15) is 11.7 Å². The molecule has 1 heterocycles. The Morgan fingerprint density at radius 1 is 1.82 bits per heavy atom. The average molecular weight is 191 g/mol. The maximum absolute atomic E-state index is 5.41. The summed E-state index contributed by atoms with van der Waals surface area (Å²) in [5.41, 5.74) is 5.37. The molecule has 0 aliphatic carbocycles.